The van der Waals surface area contributed by atoms with Crippen LogP contribution in [0.2, 0.25) is 0 Å². The number of benzene rings is 1. The van der Waals surface area contributed by atoms with Crippen molar-refractivity contribution in [3.05, 3.63) is 62.5 Å². The highest BCUT2D eigenvalue weighted by atomic mass is 32.2. The van der Waals surface area contributed by atoms with Gasteiger partial charge in [0.15, 0.2) is 0 Å². The summed E-state index contributed by atoms with van der Waals surface area (Å²) in [6, 6.07) is 6.16. The molecule has 1 aromatic carbocycles. The maximum absolute atomic E-state index is 12.7. The van der Waals surface area contributed by atoms with Crippen molar-refractivity contribution >= 4 is 40.3 Å². The average molecular weight is 378 g/mol. The van der Waals surface area contributed by atoms with Crippen molar-refractivity contribution in [2.24, 2.45) is 0 Å². The number of dihydropyridines is 1. The van der Waals surface area contributed by atoms with E-state index < -0.39 is 16.0 Å². The van der Waals surface area contributed by atoms with Gasteiger partial charge in [-0.1, -0.05) is 36.9 Å². The Balaban J connectivity index is 2.77. The molecule has 0 fully saturated rings. The SMILES string of the molecule is CCSC(=O)C1=C(C)NC(C)=C(C(=O)S)C1c1ccccc1[N+](=O)[O-]. The van der Waals surface area contributed by atoms with Crippen molar-refractivity contribution < 1.29 is 14.5 Å². The van der Waals surface area contributed by atoms with Gasteiger partial charge in [0.2, 0.25) is 10.2 Å². The summed E-state index contributed by atoms with van der Waals surface area (Å²) in [7, 11) is 0. The molecule has 0 bridgehead atoms. The van der Waals surface area contributed by atoms with Crippen molar-refractivity contribution in [2.75, 3.05) is 5.75 Å². The summed E-state index contributed by atoms with van der Waals surface area (Å²) in [6.07, 6.45) is 0. The van der Waals surface area contributed by atoms with E-state index in [2.05, 4.69) is 17.9 Å². The topological polar surface area (TPSA) is 89.3 Å². The predicted octanol–water partition coefficient (Wildman–Crippen LogP) is 3.57. The molecular weight excluding hydrogens is 360 g/mol. The molecule has 1 N–H and O–H groups in total. The second kappa shape index (κ2) is 7.88. The van der Waals surface area contributed by atoms with Crippen LogP contribution in [0.15, 0.2) is 46.8 Å². The Morgan fingerprint density at radius 3 is 2.40 bits per heavy atom. The number of nitro benzene ring substituents is 1. The molecule has 0 saturated heterocycles. The number of allylic oxidation sites excluding steroid dienone is 2. The zero-order valence-electron chi connectivity index (χ0n) is 14.0. The molecule has 1 aromatic rings. The van der Waals surface area contributed by atoms with E-state index in [0.717, 1.165) is 11.8 Å². The van der Waals surface area contributed by atoms with Crippen LogP contribution in [0.1, 0.15) is 32.3 Å². The third-order valence-corrected chi connectivity index (χ3v) is 4.94. The van der Waals surface area contributed by atoms with Gasteiger partial charge in [-0.2, -0.15) is 0 Å². The first kappa shape index (κ1) is 19.3. The number of thiol groups is 1. The number of para-hydroxylation sites is 1. The van der Waals surface area contributed by atoms with Crippen LogP contribution in [0.25, 0.3) is 0 Å². The number of thioether (sulfide) groups is 1. The number of hydrogen-bond acceptors (Lipinski definition) is 6. The number of rotatable bonds is 5. The molecule has 1 aliphatic heterocycles. The van der Waals surface area contributed by atoms with E-state index in [0.29, 0.717) is 28.3 Å². The molecule has 0 spiro atoms. The van der Waals surface area contributed by atoms with E-state index in [1.165, 1.54) is 6.07 Å². The summed E-state index contributed by atoms with van der Waals surface area (Å²) in [5.41, 5.74) is 1.91. The zero-order valence-corrected chi connectivity index (χ0v) is 15.7. The number of hydrogen-bond donors (Lipinski definition) is 2. The van der Waals surface area contributed by atoms with E-state index in [1.54, 1.807) is 32.0 Å². The van der Waals surface area contributed by atoms with Crippen LogP contribution in [0.4, 0.5) is 5.69 Å². The van der Waals surface area contributed by atoms with Crippen molar-refractivity contribution in [1.29, 1.82) is 0 Å². The minimum Gasteiger partial charge on any atom is -0.362 e. The average Bonchev–Trinajstić information content (AvgIpc) is 2.53. The van der Waals surface area contributed by atoms with Crippen molar-refractivity contribution in [3.63, 3.8) is 0 Å². The monoisotopic (exact) mass is 378 g/mol. The highest BCUT2D eigenvalue weighted by Gasteiger charge is 2.38. The van der Waals surface area contributed by atoms with Gasteiger partial charge in [0, 0.05) is 34.2 Å². The molecule has 0 saturated carbocycles. The fraction of sp³-hybridized carbons (Fsp3) is 0.294. The van der Waals surface area contributed by atoms with Crippen molar-refractivity contribution in [1.82, 2.24) is 5.32 Å². The van der Waals surface area contributed by atoms with Crippen LogP contribution in [0.5, 0.6) is 0 Å². The first-order valence-electron chi connectivity index (χ1n) is 7.61. The lowest BCUT2D eigenvalue weighted by atomic mass is 9.80. The van der Waals surface area contributed by atoms with Gasteiger partial charge < -0.3 is 5.32 Å². The lowest BCUT2D eigenvalue weighted by Crippen LogP contribution is -2.29. The van der Waals surface area contributed by atoms with Crippen molar-refractivity contribution in [2.45, 2.75) is 26.7 Å². The molecule has 0 amide bonds. The number of nitrogens with one attached hydrogen (secondary N) is 1. The molecule has 132 valence electrons. The molecule has 8 heteroatoms. The molecular formula is C17H18N2O4S2. The van der Waals surface area contributed by atoms with Gasteiger partial charge in [-0.15, -0.1) is 12.6 Å². The molecule has 0 aliphatic carbocycles. The molecule has 2 rings (SSSR count). The van der Waals surface area contributed by atoms with Gasteiger partial charge in [-0.3, -0.25) is 19.7 Å². The number of carbonyl (C=O) groups excluding carboxylic acids is 2. The Morgan fingerprint density at radius 2 is 1.84 bits per heavy atom. The van der Waals surface area contributed by atoms with E-state index >= 15 is 0 Å². The van der Waals surface area contributed by atoms with E-state index in [1.807, 2.05) is 6.92 Å². The lowest BCUT2D eigenvalue weighted by molar-refractivity contribution is -0.385. The number of nitrogens with zero attached hydrogens (tertiary/aromatic N) is 1. The van der Waals surface area contributed by atoms with E-state index in [9.17, 15) is 19.7 Å². The minimum atomic E-state index is -0.820. The Kier molecular flexibility index (Phi) is 6.07. The fourth-order valence-corrected chi connectivity index (χ4v) is 3.95. The molecule has 1 aliphatic rings. The number of carbonyl (C=O) groups is 2. The third-order valence-electron chi connectivity index (χ3n) is 3.93. The summed E-state index contributed by atoms with van der Waals surface area (Å²) in [5, 5.41) is 13.8. The molecule has 0 radical (unpaired) electrons. The first-order chi connectivity index (χ1) is 11.8. The van der Waals surface area contributed by atoms with Gasteiger partial charge in [0.25, 0.3) is 5.69 Å². The molecule has 1 heterocycles. The van der Waals surface area contributed by atoms with Crippen molar-refractivity contribution in [3.8, 4) is 0 Å². The summed E-state index contributed by atoms with van der Waals surface area (Å²) in [5.74, 6) is -0.258. The maximum Gasteiger partial charge on any atom is 0.273 e. The molecule has 1 unspecified atom stereocenters. The largest absolute Gasteiger partial charge is 0.362 e. The standard InChI is InChI=1S/C17H18N2O4S2/c1-4-25-17(21)14-10(3)18-9(2)13(16(20)24)15(14)11-7-5-6-8-12(11)19(22)23/h5-8,15,18H,4H2,1-3H3,(H,20,24). The van der Waals surface area contributed by atoms with E-state index in [-0.39, 0.29) is 16.4 Å². The quantitative estimate of drug-likeness (QED) is 0.463. The van der Waals surface area contributed by atoms with Crippen LogP contribution in [-0.4, -0.2) is 20.9 Å². The summed E-state index contributed by atoms with van der Waals surface area (Å²) < 4.78 is 0. The van der Waals surface area contributed by atoms with Crippen LogP contribution in [0.3, 0.4) is 0 Å². The summed E-state index contributed by atoms with van der Waals surface area (Å²) >= 11 is 5.04. The third kappa shape index (κ3) is 3.80. The Hall–Kier alpha value is -2.06. The Labute approximate surface area is 155 Å². The smallest absolute Gasteiger partial charge is 0.273 e. The van der Waals surface area contributed by atoms with Gasteiger partial charge in [-0.25, -0.2) is 0 Å². The predicted molar refractivity (Wildman–Crippen MR) is 102 cm³/mol. The molecule has 0 aromatic heterocycles. The highest BCUT2D eigenvalue weighted by molar-refractivity contribution is 8.14. The molecule has 6 nitrogen and oxygen atoms in total. The lowest BCUT2D eigenvalue weighted by Gasteiger charge is -2.30. The summed E-state index contributed by atoms with van der Waals surface area (Å²) in [6.45, 7) is 5.28. The highest BCUT2D eigenvalue weighted by Crippen LogP contribution is 2.43. The van der Waals surface area contributed by atoms with Crippen LogP contribution in [-0.2, 0) is 9.59 Å². The minimum absolute atomic E-state index is 0.131. The second-order valence-corrected chi connectivity index (χ2v) is 7.12. The normalized spacial score (nSPS) is 17.4. The van der Waals surface area contributed by atoms with Gasteiger partial charge in [0.05, 0.1) is 10.8 Å². The maximum atomic E-state index is 12.7. The van der Waals surface area contributed by atoms with E-state index in [4.69, 9.17) is 0 Å². The van der Waals surface area contributed by atoms with Crippen LogP contribution < -0.4 is 5.32 Å². The Morgan fingerprint density at radius 1 is 1.24 bits per heavy atom. The van der Waals surface area contributed by atoms with Crippen LogP contribution in [0, 0.1) is 10.1 Å². The zero-order chi connectivity index (χ0) is 18.7. The Bertz CT molecular complexity index is 815. The van der Waals surface area contributed by atoms with Crippen LogP contribution >= 0.6 is 24.4 Å². The second-order valence-electron chi connectivity index (χ2n) is 5.48. The van der Waals surface area contributed by atoms with Gasteiger partial charge in [-0.05, 0) is 19.6 Å². The first-order valence-corrected chi connectivity index (χ1v) is 9.05. The summed E-state index contributed by atoms with van der Waals surface area (Å²) in [4.78, 5) is 35.8. The fourth-order valence-electron chi connectivity index (χ4n) is 2.97. The molecule has 25 heavy (non-hydrogen) atoms. The van der Waals surface area contributed by atoms with Gasteiger partial charge >= 0.3 is 0 Å². The molecule has 1 atom stereocenters. The van der Waals surface area contributed by atoms with Gasteiger partial charge in [0.1, 0.15) is 0 Å². The number of nitro groups is 1.